The lowest BCUT2D eigenvalue weighted by Gasteiger charge is -2.10. The molecule has 1 aromatic heterocycles. The topological polar surface area (TPSA) is 85.1 Å². The summed E-state index contributed by atoms with van der Waals surface area (Å²) in [6, 6.07) is 13.5. The predicted octanol–water partition coefficient (Wildman–Crippen LogP) is 3.26. The molecule has 0 atom stereocenters. The van der Waals surface area contributed by atoms with Gasteiger partial charge in [-0.3, -0.25) is 4.79 Å². The van der Waals surface area contributed by atoms with Crippen LogP contribution in [-0.4, -0.2) is 42.1 Å². The number of methoxy groups -OCH3 is 1. The summed E-state index contributed by atoms with van der Waals surface area (Å²) < 4.78 is 13.0. The summed E-state index contributed by atoms with van der Waals surface area (Å²) in [5.74, 6) is 1.01. The Balaban J connectivity index is 1.53. The van der Waals surface area contributed by atoms with Crippen LogP contribution in [0.1, 0.15) is 24.0 Å². The first-order valence-corrected chi connectivity index (χ1v) is 9.90. The molecule has 7 nitrogen and oxygen atoms in total. The highest BCUT2D eigenvalue weighted by molar-refractivity contribution is 5.85. The van der Waals surface area contributed by atoms with Crippen LogP contribution in [0, 0.1) is 6.92 Å². The number of aromatic nitrogens is 1. The van der Waals surface area contributed by atoms with Crippen LogP contribution in [0.2, 0.25) is 0 Å². The monoisotopic (exact) mass is 409 g/mol. The van der Waals surface area contributed by atoms with E-state index in [0.717, 1.165) is 11.1 Å². The number of amides is 1. The number of nitrogens with one attached hydrogen (secondary N) is 1. The van der Waals surface area contributed by atoms with Crippen molar-refractivity contribution in [2.24, 2.45) is 5.10 Å². The van der Waals surface area contributed by atoms with E-state index in [2.05, 4.69) is 40.3 Å². The molecule has 0 spiro atoms. The van der Waals surface area contributed by atoms with Gasteiger partial charge in [0.05, 0.1) is 19.9 Å². The fourth-order valence-corrected chi connectivity index (χ4v) is 3.20. The van der Waals surface area contributed by atoms with Gasteiger partial charge in [0, 0.05) is 43.1 Å². The van der Waals surface area contributed by atoms with Crippen molar-refractivity contribution < 1.29 is 19.4 Å². The Morgan fingerprint density at radius 1 is 1.23 bits per heavy atom. The van der Waals surface area contributed by atoms with E-state index in [-0.39, 0.29) is 12.5 Å². The van der Waals surface area contributed by atoms with Gasteiger partial charge in [0.1, 0.15) is 0 Å². The molecular formula is C23H27N3O4. The van der Waals surface area contributed by atoms with Gasteiger partial charge in [0.2, 0.25) is 5.91 Å². The Morgan fingerprint density at radius 3 is 2.87 bits per heavy atom. The minimum Gasteiger partial charge on any atom is -0.493 e. The van der Waals surface area contributed by atoms with Gasteiger partial charge in [-0.1, -0.05) is 18.2 Å². The number of hydrazone groups is 1. The molecule has 0 fully saturated rings. The highest BCUT2D eigenvalue weighted by Crippen LogP contribution is 2.27. The van der Waals surface area contributed by atoms with Crippen molar-refractivity contribution in [2.75, 3.05) is 20.3 Å². The Kier molecular flexibility index (Phi) is 7.45. The lowest BCUT2D eigenvalue weighted by atomic mass is 10.2. The highest BCUT2D eigenvalue weighted by Gasteiger charge is 2.07. The zero-order valence-corrected chi connectivity index (χ0v) is 17.3. The number of para-hydroxylation sites is 1. The highest BCUT2D eigenvalue weighted by atomic mass is 16.5. The third kappa shape index (κ3) is 5.39. The number of aliphatic hydroxyl groups is 1. The van der Waals surface area contributed by atoms with Crippen LogP contribution in [-0.2, 0) is 11.3 Å². The van der Waals surface area contributed by atoms with E-state index in [1.165, 1.54) is 10.9 Å². The van der Waals surface area contributed by atoms with E-state index in [1.807, 2.05) is 18.2 Å². The molecule has 2 N–H and O–H groups in total. The number of aliphatic hydroxyl groups excluding tert-OH is 1. The summed E-state index contributed by atoms with van der Waals surface area (Å²) >= 11 is 0. The number of carbonyl (C=O) groups is 1. The second-order valence-corrected chi connectivity index (χ2v) is 6.90. The Labute approximate surface area is 175 Å². The van der Waals surface area contributed by atoms with Crippen LogP contribution >= 0.6 is 0 Å². The van der Waals surface area contributed by atoms with Gasteiger partial charge in [0.15, 0.2) is 11.5 Å². The van der Waals surface area contributed by atoms with Gasteiger partial charge in [-0.25, -0.2) is 5.43 Å². The summed E-state index contributed by atoms with van der Waals surface area (Å²) in [6.07, 6.45) is 4.51. The molecule has 0 radical (unpaired) electrons. The third-order valence-corrected chi connectivity index (χ3v) is 4.72. The van der Waals surface area contributed by atoms with Crippen LogP contribution in [0.25, 0.3) is 10.9 Å². The number of ether oxygens (including phenoxy) is 2. The minimum absolute atomic E-state index is 0.0763. The molecular weight excluding hydrogens is 382 g/mol. The molecule has 0 aliphatic heterocycles. The lowest BCUT2D eigenvalue weighted by molar-refractivity contribution is -0.121. The van der Waals surface area contributed by atoms with Crippen LogP contribution in [0.3, 0.4) is 0 Å². The normalized spacial score (nSPS) is 11.2. The number of fused-ring (bicyclic) bond motifs is 1. The summed E-state index contributed by atoms with van der Waals surface area (Å²) in [4.78, 5) is 12.2. The number of carbonyl (C=O) groups excluding carboxylic acids is 1. The average molecular weight is 409 g/mol. The van der Waals surface area contributed by atoms with Crippen molar-refractivity contribution in [1.29, 1.82) is 0 Å². The van der Waals surface area contributed by atoms with E-state index < -0.39 is 0 Å². The molecule has 3 rings (SSSR count). The molecule has 0 aliphatic rings. The predicted molar refractivity (Wildman–Crippen MR) is 117 cm³/mol. The maximum Gasteiger partial charge on any atom is 0.241 e. The van der Waals surface area contributed by atoms with Gasteiger partial charge >= 0.3 is 0 Å². The summed E-state index contributed by atoms with van der Waals surface area (Å²) in [5, 5.41) is 14.1. The van der Waals surface area contributed by atoms with Gasteiger partial charge < -0.3 is 19.1 Å². The molecule has 1 heterocycles. The maximum atomic E-state index is 12.2. The van der Waals surface area contributed by atoms with E-state index in [9.17, 15) is 4.79 Å². The smallest absolute Gasteiger partial charge is 0.241 e. The number of aryl methyl sites for hydroxylation is 2. The fraction of sp³-hybridized carbons (Fsp3) is 0.304. The Morgan fingerprint density at radius 2 is 2.07 bits per heavy atom. The van der Waals surface area contributed by atoms with Gasteiger partial charge in [-0.2, -0.15) is 5.10 Å². The molecule has 158 valence electrons. The van der Waals surface area contributed by atoms with Gasteiger partial charge in [0.25, 0.3) is 0 Å². The lowest BCUT2D eigenvalue weighted by Crippen LogP contribution is -2.19. The quantitative estimate of drug-likeness (QED) is 0.306. The summed E-state index contributed by atoms with van der Waals surface area (Å²) in [5.41, 5.74) is 5.66. The molecule has 0 saturated carbocycles. The van der Waals surface area contributed by atoms with E-state index in [4.69, 9.17) is 14.6 Å². The first-order valence-electron chi connectivity index (χ1n) is 9.90. The second-order valence-electron chi connectivity index (χ2n) is 6.90. The molecule has 0 bridgehead atoms. The molecule has 7 heteroatoms. The molecule has 0 unspecified atom stereocenters. The Hall–Kier alpha value is -3.32. The van der Waals surface area contributed by atoms with Crippen LogP contribution in [0.15, 0.2) is 53.8 Å². The first-order chi connectivity index (χ1) is 14.6. The van der Waals surface area contributed by atoms with E-state index in [0.29, 0.717) is 37.5 Å². The minimum atomic E-state index is -0.155. The van der Waals surface area contributed by atoms with Crippen molar-refractivity contribution in [3.05, 3.63) is 59.8 Å². The SMILES string of the molecule is COc1cc(/C=N/NC(=O)CCn2cc(C)c3ccccc32)ccc1OCCCO. The van der Waals surface area contributed by atoms with Crippen LogP contribution in [0.5, 0.6) is 11.5 Å². The maximum absolute atomic E-state index is 12.2. The number of nitrogens with zero attached hydrogens (tertiary/aromatic N) is 2. The van der Waals surface area contributed by atoms with Crippen molar-refractivity contribution in [3.63, 3.8) is 0 Å². The van der Waals surface area contributed by atoms with Crippen LogP contribution < -0.4 is 14.9 Å². The standard InChI is InChI=1S/C23H27N3O4/c1-17-16-26(20-7-4-3-6-19(17)20)11-10-23(28)25-24-15-18-8-9-21(22(14-18)29-2)30-13-5-12-27/h3-4,6-9,14-16,27H,5,10-13H2,1-2H3,(H,25,28)/b24-15+. The van der Waals surface area contributed by atoms with E-state index in [1.54, 1.807) is 25.5 Å². The van der Waals surface area contributed by atoms with Gasteiger partial charge in [-0.15, -0.1) is 0 Å². The Bertz CT molecular complexity index is 1030. The fourth-order valence-electron chi connectivity index (χ4n) is 3.20. The van der Waals surface area contributed by atoms with E-state index >= 15 is 0 Å². The van der Waals surface area contributed by atoms with Crippen molar-refractivity contribution in [1.82, 2.24) is 9.99 Å². The molecule has 0 saturated heterocycles. The molecule has 1 amide bonds. The van der Waals surface area contributed by atoms with Crippen LogP contribution in [0.4, 0.5) is 0 Å². The van der Waals surface area contributed by atoms with Crippen molar-refractivity contribution in [3.8, 4) is 11.5 Å². The average Bonchev–Trinajstić information content (AvgIpc) is 3.09. The first kappa shape index (κ1) is 21.4. The summed E-state index contributed by atoms with van der Waals surface area (Å²) in [7, 11) is 1.56. The largest absolute Gasteiger partial charge is 0.493 e. The molecule has 3 aromatic rings. The van der Waals surface area contributed by atoms with Crippen molar-refractivity contribution in [2.45, 2.75) is 26.3 Å². The number of hydrogen-bond donors (Lipinski definition) is 2. The zero-order chi connectivity index (χ0) is 21.3. The second kappa shape index (κ2) is 10.5. The van der Waals surface area contributed by atoms with Crippen molar-refractivity contribution >= 4 is 23.0 Å². The number of benzene rings is 2. The zero-order valence-electron chi connectivity index (χ0n) is 17.3. The molecule has 2 aromatic carbocycles. The third-order valence-electron chi connectivity index (χ3n) is 4.72. The molecule has 0 aliphatic carbocycles. The number of rotatable bonds is 10. The van der Waals surface area contributed by atoms with Gasteiger partial charge in [-0.05, 0) is 42.3 Å². The number of hydrogen-bond acceptors (Lipinski definition) is 5. The molecule has 30 heavy (non-hydrogen) atoms. The summed E-state index contributed by atoms with van der Waals surface area (Å²) in [6.45, 7) is 3.14.